The first-order chi connectivity index (χ1) is 8.71. The van der Waals surface area contributed by atoms with E-state index in [1.807, 2.05) is 32.2 Å². The van der Waals surface area contributed by atoms with Crippen LogP contribution in [-0.2, 0) is 0 Å². The van der Waals surface area contributed by atoms with Crippen molar-refractivity contribution in [3.05, 3.63) is 23.9 Å². The summed E-state index contributed by atoms with van der Waals surface area (Å²) in [6.07, 6.45) is 0. The van der Waals surface area contributed by atoms with Crippen LogP contribution in [-0.4, -0.2) is 36.3 Å². The van der Waals surface area contributed by atoms with Gasteiger partial charge in [-0.1, -0.05) is 5.21 Å². The van der Waals surface area contributed by atoms with Gasteiger partial charge in [-0.05, 0) is 19.1 Å². The molecule has 0 amide bonds. The molecule has 0 unspecified atom stereocenters. The fourth-order valence-corrected chi connectivity index (χ4v) is 1.75. The summed E-state index contributed by atoms with van der Waals surface area (Å²) in [6.45, 7) is 1.94. The minimum atomic E-state index is 0.714. The molecule has 0 saturated carbocycles. The zero-order valence-corrected chi connectivity index (χ0v) is 10.9. The third-order valence-corrected chi connectivity index (χ3v) is 2.75. The molecule has 0 radical (unpaired) electrons. The van der Waals surface area contributed by atoms with Gasteiger partial charge in [0, 0.05) is 13.1 Å². The number of hydrogen-bond acceptors (Lipinski definition) is 5. The highest BCUT2D eigenvalue weighted by atomic mass is 16.5. The number of anilines is 1. The lowest BCUT2D eigenvalue weighted by atomic mass is 10.2. The Kier molecular flexibility index (Phi) is 3.36. The molecular weight excluding hydrogens is 232 g/mol. The molecule has 96 valence electrons. The number of aromatic nitrogens is 3. The van der Waals surface area contributed by atoms with Gasteiger partial charge in [0.25, 0.3) is 0 Å². The summed E-state index contributed by atoms with van der Waals surface area (Å²) in [5.74, 6) is 2.19. The summed E-state index contributed by atoms with van der Waals surface area (Å²) in [7, 11) is 5.06. The van der Waals surface area contributed by atoms with Gasteiger partial charge in [-0.2, -0.15) is 0 Å². The molecule has 1 aromatic heterocycles. The minimum Gasteiger partial charge on any atom is -0.497 e. The summed E-state index contributed by atoms with van der Waals surface area (Å²) in [4.78, 5) is 0. The second kappa shape index (κ2) is 4.95. The molecule has 0 atom stereocenters. The fourth-order valence-electron chi connectivity index (χ4n) is 1.75. The van der Waals surface area contributed by atoms with Crippen LogP contribution in [0.5, 0.6) is 11.5 Å². The summed E-state index contributed by atoms with van der Waals surface area (Å²) in [5, 5.41) is 11.1. The van der Waals surface area contributed by atoms with E-state index < -0.39 is 0 Å². The summed E-state index contributed by atoms with van der Waals surface area (Å²) in [6, 6.07) is 5.54. The Morgan fingerprint density at radius 2 is 2.00 bits per heavy atom. The smallest absolute Gasteiger partial charge is 0.171 e. The van der Waals surface area contributed by atoms with Crippen LogP contribution in [0.3, 0.4) is 0 Å². The monoisotopic (exact) mass is 248 g/mol. The lowest BCUT2D eigenvalue weighted by Crippen LogP contribution is -2.03. The molecular formula is C12H16N4O2. The van der Waals surface area contributed by atoms with Gasteiger partial charge in [0.1, 0.15) is 17.2 Å². The largest absolute Gasteiger partial charge is 0.497 e. The van der Waals surface area contributed by atoms with Crippen molar-refractivity contribution in [2.24, 2.45) is 0 Å². The number of hydrogen-bond donors (Lipinski definition) is 1. The number of rotatable bonds is 4. The topological polar surface area (TPSA) is 61.2 Å². The molecule has 18 heavy (non-hydrogen) atoms. The molecule has 1 aromatic carbocycles. The van der Waals surface area contributed by atoms with E-state index in [4.69, 9.17) is 9.47 Å². The first-order valence-corrected chi connectivity index (χ1v) is 5.53. The Morgan fingerprint density at radius 3 is 2.56 bits per heavy atom. The van der Waals surface area contributed by atoms with Gasteiger partial charge in [-0.3, -0.25) is 0 Å². The van der Waals surface area contributed by atoms with E-state index >= 15 is 0 Å². The number of nitrogens with one attached hydrogen (secondary N) is 1. The fraction of sp³-hybridized carbons (Fsp3) is 0.333. The van der Waals surface area contributed by atoms with Crippen LogP contribution in [0, 0.1) is 6.92 Å². The molecule has 0 saturated heterocycles. The second-order valence-electron chi connectivity index (χ2n) is 3.72. The second-order valence-corrected chi connectivity index (χ2v) is 3.72. The molecule has 1 heterocycles. The minimum absolute atomic E-state index is 0.714. The predicted octanol–water partition coefficient (Wildman–Crippen LogP) is 1.63. The van der Waals surface area contributed by atoms with E-state index in [-0.39, 0.29) is 0 Å². The lowest BCUT2D eigenvalue weighted by Gasteiger charge is -2.11. The highest BCUT2D eigenvalue weighted by Gasteiger charge is 2.13. The van der Waals surface area contributed by atoms with Crippen LogP contribution in [0.25, 0.3) is 5.69 Å². The Labute approximate surface area is 106 Å². The van der Waals surface area contributed by atoms with Crippen molar-refractivity contribution in [1.82, 2.24) is 15.0 Å². The average molecular weight is 248 g/mol. The van der Waals surface area contributed by atoms with E-state index in [9.17, 15) is 0 Å². The van der Waals surface area contributed by atoms with Crippen LogP contribution in [0.2, 0.25) is 0 Å². The quantitative estimate of drug-likeness (QED) is 0.891. The van der Waals surface area contributed by atoms with Crippen molar-refractivity contribution in [3.63, 3.8) is 0 Å². The highest BCUT2D eigenvalue weighted by molar-refractivity contribution is 5.53. The van der Waals surface area contributed by atoms with Crippen molar-refractivity contribution < 1.29 is 9.47 Å². The maximum absolute atomic E-state index is 5.33. The zero-order valence-electron chi connectivity index (χ0n) is 10.9. The SMILES string of the molecule is CNc1nnn(-c2cc(OC)ccc2OC)c1C. The normalized spacial score (nSPS) is 10.2. The molecule has 2 rings (SSSR count). The van der Waals surface area contributed by atoms with Gasteiger partial charge in [0.15, 0.2) is 5.82 Å². The molecule has 0 aliphatic carbocycles. The summed E-state index contributed by atoms with van der Waals surface area (Å²) < 4.78 is 12.3. The van der Waals surface area contributed by atoms with E-state index in [1.54, 1.807) is 18.9 Å². The summed E-state index contributed by atoms with van der Waals surface area (Å²) >= 11 is 0. The molecule has 2 aromatic rings. The first kappa shape index (κ1) is 12.2. The van der Waals surface area contributed by atoms with Gasteiger partial charge < -0.3 is 14.8 Å². The summed E-state index contributed by atoms with van der Waals surface area (Å²) in [5.41, 5.74) is 1.70. The van der Waals surface area contributed by atoms with Crippen molar-refractivity contribution in [2.75, 3.05) is 26.6 Å². The van der Waals surface area contributed by atoms with Crippen molar-refractivity contribution >= 4 is 5.82 Å². The van der Waals surface area contributed by atoms with Gasteiger partial charge in [-0.15, -0.1) is 5.10 Å². The van der Waals surface area contributed by atoms with Crippen LogP contribution in [0.1, 0.15) is 5.69 Å². The standard InChI is InChI=1S/C12H16N4O2/c1-8-12(13-2)14-15-16(8)10-7-9(17-3)5-6-11(10)18-4/h5-7,13H,1-4H3. The molecule has 0 aliphatic rings. The van der Waals surface area contributed by atoms with Gasteiger partial charge in [0.2, 0.25) is 0 Å². The van der Waals surface area contributed by atoms with Crippen LogP contribution in [0.15, 0.2) is 18.2 Å². The number of benzene rings is 1. The molecule has 0 spiro atoms. The van der Waals surface area contributed by atoms with E-state index in [0.717, 1.165) is 22.9 Å². The van der Waals surface area contributed by atoms with E-state index in [0.29, 0.717) is 5.75 Å². The number of nitrogens with zero attached hydrogens (tertiary/aromatic N) is 3. The van der Waals surface area contributed by atoms with Crippen LogP contribution >= 0.6 is 0 Å². The highest BCUT2D eigenvalue weighted by Crippen LogP contribution is 2.28. The van der Waals surface area contributed by atoms with Gasteiger partial charge in [0.05, 0.1) is 19.9 Å². The third kappa shape index (κ3) is 1.97. The first-order valence-electron chi connectivity index (χ1n) is 5.53. The van der Waals surface area contributed by atoms with Gasteiger partial charge in [-0.25, -0.2) is 4.68 Å². The van der Waals surface area contributed by atoms with Crippen LogP contribution in [0.4, 0.5) is 5.82 Å². The Hall–Kier alpha value is -2.24. The molecule has 0 bridgehead atoms. The maximum atomic E-state index is 5.33. The number of ether oxygens (including phenoxy) is 2. The zero-order chi connectivity index (χ0) is 13.1. The predicted molar refractivity (Wildman–Crippen MR) is 68.7 cm³/mol. The third-order valence-electron chi connectivity index (χ3n) is 2.75. The number of methoxy groups -OCH3 is 2. The molecule has 6 nitrogen and oxygen atoms in total. The van der Waals surface area contributed by atoms with E-state index in [1.165, 1.54) is 0 Å². The molecule has 0 fully saturated rings. The van der Waals surface area contributed by atoms with Gasteiger partial charge >= 0.3 is 0 Å². The van der Waals surface area contributed by atoms with Crippen molar-refractivity contribution in [2.45, 2.75) is 6.92 Å². The van der Waals surface area contributed by atoms with E-state index in [2.05, 4.69) is 15.6 Å². The lowest BCUT2D eigenvalue weighted by molar-refractivity contribution is 0.400. The Balaban J connectivity index is 2.57. The van der Waals surface area contributed by atoms with Crippen molar-refractivity contribution in [1.29, 1.82) is 0 Å². The molecule has 1 N–H and O–H groups in total. The maximum Gasteiger partial charge on any atom is 0.171 e. The van der Waals surface area contributed by atoms with Crippen molar-refractivity contribution in [3.8, 4) is 17.2 Å². The molecule has 0 aliphatic heterocycles. The Morgan fingerprint density at radius 1 is 1.22 bits per heavy atom. The van der Waals surface area contributed by atoms with Crippen LogP contribution < -0.4 is 14.8 Å². The molecule has 6 heteroatoms. The Bertz CT molecular complexity index is 551. The average Bonchev–Trinajstić information content (AvgIpc) is 2.78.